The lowest BCUT2D eigenvalue weighted by Crippen LogP contribution is -2.52. The normalized spacial score (nSPS) is 23.4. The third kappa shape index (κ3) is 3.51. The number of nitrogens with one attached hydrogen (secondary N) is 1. The fourth-order valence-electron chi connectivity index (χ4n) is 1.99. The standard InChI is InChI=1S/C12H23N3O2/c1-8(2)9(6-13)7-14-10-4-5-11(16)15(3)12(10)17/h8-10,14H,4-7,13H2,1-3H3. The quantitative estimate of drug-likeness (QED) is 0.662. The Morgan fingerprint density at radius 2 is 2.12 bits per heavy atom. The van der Waals surface area contributed by atoms with Crippen molar-refractivity contribution in [2.45, 2.75) is 32.7 Å². The second kappa shape index (κ2) is 6.12. The van der Waals surface area contributed by atoms with E-state index in [-0.39, 0.29) is 17.9 Å². The average Bonchev–Trinajstić information content (AvgIpc) is 2.29. The maximum absolute atomic E-state index is 11.8. The van der Waals surface area contributed by atoms with Gasteiger partial charge in [0, 0.05) is 20.0 Å². The van der Waals surface area contributed by atoms with E-state index < -0.39 is 0 Å². The van der Waals surface area contributed by atoms with Crippen LogP contribution in [0, 0.1) is 11.8 Å². The molecule has 1 saturated heterocycles. The van der Waals surface area contributed by atoms with Gasteiger partial charge in [0.2, 0.25) is 11.8 Å². The predicted octanol–water partition coefficient (Wildman–Crippen LogP) is -0.0457. The molecule has 0 saturated carbocycles. The molecule has 2 amide bonds. The number of hydrogen-bond acceptors (Lipinski definition) is 4. The van der Waals surface area contributed by atoms with Gasteiger partial charge in [-0.05, 0) is 24.8 Å². The molecule has 1 aliphatic heterocycles. The maximum atomic E-state index is 11.8. The van der Waals surface area contributed by atoms with Crippen LogP contribution in [0.15, 0.2) is 0 Å². The number of carbonyl (C=O) groups excluding carboxylic acids is 2. The number of hydrogen-bond donors (Lipinski definition) is 2. The molecule has 5 heteroatoms. The van der Waals surface area contributed by atoms with Gasteiger partial charge in [-0.1, -0.05) is 13.8 Å². The lowest BCUT2D eigenvalue weighted by Gasteiger charge is -2.30. The number of rotatable bonds is 5. The van der Waals surface area contributed by atoms with E-state index in [1.807, 2.05) is 0 Å². The van der Waals surface area contributed by atoms with Crippen LogP contribution < -0.4 is 11.1 Å². The molecule has 1 fully saturated rings. The van der Waals surface area contributed by atoms with Crippen molar-refractivity contribution in [1.29, 1.82) is 0 Å². The molecule has 1 heterocycles. The third-order valence-corrected chi connectivity index (χ3v) is 3.52. The lowest BCUT2D eigenvalue weighted by atomic mass is 9.95. The summed E-state index contributed by atoms with van der Waals surface area (Å²) >= 11 is 0. The van der Waals surface area contributed by atoms with Gasteiger partial charge < -0.3 is 11.1 Å². The summed E-state index contributed by atoms with van der Waals surface area (Å²) in [6.07, 6.45) is 1.03. The second-order valence-electron chi connectivity index (χ2n) is 5.03. The Morgan fingerprint density at radius 1 is 1.47 bits per heavy atom. The van der Waals surface area contributed by atoms with Crippen LogP contribution in [0.25, 0.3) is 0 Å². The largest absolute Gasteiger partial charge is 0.330 e. The highest BCUT2D eigenvalue weighted by Crippen LogP contribution is 2.13. The smallest absolute Gasteiger partial charge is 0.246 e. The van der Waals surface area contributed by atoms with Crippen molar-refractivity contribution in [3.8, 4) is 0 Å². The highest BCUT2D eigenvalue weighted by Gasteiger charge is 2.31. The molecule has 1 aliphatic rings. The molecular weight excluding hydrogens is 218 g/mol. The van der Waals surface area contributed by atoms with Crippen LogP contribution >= 0.6 is 0 Å². The maximum Gasteiger partial charge on any atom is 0.246 e. The van der Waals surface area contributed by atoms with Gasteiger partial charge in [-0.3, -0.25) is 14.5 Å². The number of likely N-dealkylation sites (N-methyl/N-ethyl adjacent to an activating group) is 1. The van der Waals surface area contributed by atoms with Crippen LogP contribution in [-0.4, -0.2) is 42.9 Å². The molecule has 0 radical (unpaired) electrons. The van der Waals surface area contributed by atoms with Gasteiger partial charge in [0.15, 0.2) is 0 Å². The average molecular weight is 241 g/mol. The van der Waals surface area contributed by atoms with Gasteiger partial charge in [-0.15, -0.1) is 0 Å². The zero-order valence-corrected chi connectivity index (χ0v) is 10.9. The summed E-state index contributed by atoms with van der Waals surface area (Å²) in [5, 5.41) is 3.23. The first-order chi connectivity index (χ1) is 7.97. The van der Waals surface area contributed by atoms with Crippen molar-refractivity contribution in [2.75, 3.05) is 20.1 Å². The highest BCUT2D eigenvalue weighted by molar-refractivity contribution is 6.00. The second-order valence-corrected chi connectivity index (χ2v) is 5.03. The van der Waals surface area contributed by atoms with Crippen molar-refractivity contribution in [2.24, 2.45) is 17.6 Å². The number of imide groups is 1. The lowest BCUT2D eigenvalue weighted by molar-refractivity contribution is -0.148. The number of piperidine rings is 1. The van der Waals surface area contributed by atoms with E-state index in [9.17, 15) is 9.59 Å². The predicted molar refractivity (Wildman–Crippen MR) is 66.2 cm³/mol. The number of nitrogens with zero attached hydrogens (tertiary/aromatic N) is 1. The van der Waals surface area contributed by atoms with Crippen LogP contribution in [0.1, 0.15) is 26.7 Å². The van der Waals surface area contributed by atoms with E-state index in [0.717, 1.165) is 6.54 Å². The molecule has 0 bridgehead atoms. The molecule has 0 aromatic rings. The van der Waals surface area contributed by atoms with E-state index in [0.29, 0.717) is 31.2 Å². The Bertz CT molecular complexity index is 291. The number of nitrogens with two attached hydrogens (primary N) is 1. The third-order valence-electron chi connectivity index (χ3n) is 3.52. The summed E-state index contributed by atoms with van der Waals surface area (Å²) in [6.45, 7) is 5.59. The van der Waals surface area contributed by atoms with E-state index in [1.165, 1.54) is 4.90 Å². The summed E-state index contributed by atoms with van der Waals surface area (Å²) in [7, 11) is 1.54. The van der Waals surface area contributed by atoms with Gasteiger partial charge in [0.1, 0.15) is 0 Å². The Kier molecular flexibility index (Phi) is 5.08. The van der Waals surface area contributed by atoms with E-state index >= 15 is 0 Å². The molecular formula is C12H23N3O2. The summed E-state index contributed by atoms with van der Waals surface area (Å²) in [6, 6.07) is -0.231. The highest BCUT2D eigenvalue weighted by atomic mass is 16.2. The Labute approximate surface area is 103 Å². The van der Waals surface area contributed by atoms with Gasteiger partial charge in [-0.2, -0.15) is 0 Å². The van der Waals surface area contributed by atoms with Crippen molar-refractivity contribution < 1.29 is 9.59 Å². The van der Waals surface area contributed by atoms with Crippen molar-refractivity contribution >= 4 is 11.8 Å². The zero-order valence-electron chi connectivity index (χ0n) is 10.9. The monoisotopic (exact) mass is 241 g/mol. The van der Waals surface area contributed by atoms with Crippen LogP contribution in [0.2, 0.25) is 0 Å². The molecule has 0 aliphatic carbocycles. The van der Waals surface area contributed by atoms with Crippen molar-refractivity contribution in [3.05, 3.63) is 0 Å². The molecule has 2 atom stereocenters. The summed E-state index contributed by atoms with van der Waals surface area (Å²) in [5.74, 6) is 0.643. The van der Waals surface area contributed by atoms with Crippen molar-refractivity contribution in [3.63, 3.8) is 0 Å². The SMILES string of the molecule is CC(C)C(CN)CNC1CCC(=O)N(C)C1=O. The van der Waals surface area contributed by atoms with Gasteiger partial charge in [0.05, 0.1) is 6.04 Å². The first-order valence-electron chi connectivity index (χ1n) is 6.21. The number of likely N-dealkylation sites (tertiary alicyclic amines) is 1. The molecule has 1 rings (SSSR count). The van der Waals surface area contributed by atoms with Gasteiger partial charge in [-0.25, -0.2) is 0 Å². The van der Waals surface area contributed by atoms with E-state index in [4.69, 9.17) is 5.73 Å². The van der Waals surface area contributed by atoms with Crippen molar-refractivity contribution in [1.82, 2.24) is 10.2 Å². The Balaban J connectivity index is 2.47. The van der Waals surface area contributed by atoms with Crippen LogP contribution in [0.5, 0.6) is 0 Å². The van der Waals surface area contributed by atoms with Gasteiger partial charge in [0.25, 0.3) is 0 Å². The first-order valence-corrected chi connectivity index (χ1v) is 6.21. The first kappa shape index (κ1) is 14.1. The zero-order chi connectivity index (χ0) is 13.0. The molecule has 0 aromatic heterocycles. The number of amides is 2. The van der Waals surface area contributed by atoms with E-state index in [1.54, 1.807) is 7.05 Å². The van der Waals surface area contributed by atoms with Crippen LogP contribution in [0.3, 0.4) is 0 Å². The summed E-state index contributed by atoms with van der Waals surface area (Å²) < 4.78 is 0. The van der Waals surface area contributed by atoms with Crippen LogP contribution in [0.4, 0.5) is 0 Å². The number of carbonyl (C=O) groups is 2. The fraction of sp³-hybridized carbons (Fsp3) is 0.833. The van der Waals surface area contributed by atoms with Crippen LogP contribution in [-0.2, 0) is 9.59 Å². The summed E-state index contributed by atoms with van der Waals surface area (Å²) in [4.78, 5) is 24.3. The minimum atomic E-state index is -0.231. The minimum Gasteiger partial charge on any atom is -0.330 e. The Morgan fingerprint density at radius 3 is 2.65 bits per heavy atom. The minimum absolute atomic E-state index is 0.0905. The molecule has 0 aromatic carbocycles. The molecule has 17 heavy (non-hydrogen) atoms. The molecule has 5 nitrogen and oxygen atoms in total. The summed E-state index contributed by atoms with van der Waals surface area (Å²) in [5.41, 5.74) is 5.68. The fourth-order valence-corrected chi connectivity index (χ4v) is 1.99. The topological polar surface area (TPSA) is 75.4 Å². The van der Waals surface area contributed by atoms with Gasteiger partial charge >= 0.3 is 0 Å². The molecule has 3 N–H and O–H groups in total. The Hall–Kier alpha value is -0.940. The van der Waals surface area contributed by atoms with E-state index in [2.05, 4.69) is 19.2 Å². The molecule has 0 spiro atoms. The molecule has 98 valence electrons. The molecule has 2 unspecified atom stereocenters.